The molecule has 0 saturated carbocycles. The van der Waals surface area contributed by atoms with E-state index in [-0.39, 0.29) is 11.9 Å². The molecule has 1 unspecified atom stereocenters. The fourth-order valence-corrected chi connectivity index (χ4v) is 2.14. The number of amides is 1. The summed E-state index contributed by atoms with van der Waals surface area (Å²) in [4.78, 5) is 15.9. The van der Waals surface area contributed by atoms with Gasteiger partial charge in [0.05, 0.1) is 14.2 Å². The average Bonchev–Trinajstić information content (AvgIpc) is 2.64. The summed E-state index contributed by atoms with van der Waals surface area (Å²) in [6.07, 6.45) is 1.32. The molecule has 0 radical (unpaired) electrons. The van der Waals surface area contributed by atoms with Crippen molar-refractivity contribution in [1.82, 2.24) is 16.0 Å². The molecule has 0 aliphatic rings. The van der Waals surface area contributed by atoms with Gasteiger partial charge in [0.25, 0.3) is 0 Å². The van der Waals surface area contributed by atoms with Crippen LogP contribution >= 0.6 is 0 Å². The number of nitrogens with one attached hydrogen (secondary N) is 3. The minimum absolute atomic E-state index is 0.0362. The van der Waals surface area contributed by atoms with Crippen molar-refractivity contribution in [2.45, 2.75) is 39.3 Å². The zero-order valence-corrected chi connectivity index (χ0v) is 15.8. The van der Waals surface area contributed by atoms with Gasteiger partial charge in [0.15, 0.2) is 5.96 Å². The van der Waals surface area contributed by atoms with Crippen molar-refractivity contribution in [3.05, 3.63) is 23.8 Å². The van der Waals surface area contributed by atoms with Gasteiger partial charge in [-0.1, -0.05) is 6.92 Å². The molecule has 7 heteroatoms. The van der Waals surface area contributed by atoms with Crippen molar-refractivity contribution in [2.75, 3.05) is 27.8 Å². The topological polar surface area (TPSA) is 84.0 Å². The number of carbonyl (C=O) groups excluding carboxylic acids is 1. The molecular formula is C18H30N4O3. The van der Waals surface area contributed by atoms with Crippen molar-refractivity contribution in [3.8, 4) is 11.5 Å². The quantitative estimate of drug-likeness (QED) is 0.466. The van der Waals surface area contributed by atoms with Crippen LogP contribution in [0.3, 0.4) is 0 Å². The van der Waals surface area contributed by atoms with E-state index in [9.17, 15) is 4.79 Å². The highest BCUT2D eigenvalue weighted by Crippen LogP contribution is 2.24. The lowest BCUT2D eigenvalue weighted by Crippen LogP contribution is -2.40. The number of methoxy groups -OCH3 is 2. The molecule has 1 aromatic carbocycles. The summed E-state index contributed by atoms with van der Waals surface area (Å²) in [7, 11) is 4.94. The maximum atomic E-state index is 11.8. The minimum Gasteiger partial charge on any atom is -0.497 e. The Kier molecular flexibility index (Phi) is 9.21. The lowest BCUT2D eigenvalue weighted by Gasteiger charge is -2.15. The Morgan fingerprint density at radius 2 is 2.00 bits per heavy atom. The Labute approximate surface area is 150 Å². The average molecular weight is 350 g/mol. The first kappa shape index (κ1) is 20.6. The predicted molar refractivity (Wildman–Crippen MR) is 100 cm³/mol. The number of ether oxygens (including phenoxy) is 2. The van der Waals surface area contributed by atoms with Crippen LogP contribution in [0.15, 0.2) is 23.2 Å². The van der Waals surface area contributed by atoms with Crippen molar-refractivity contribution < 1.29 is 14.3 Å². The fraction of sp³-hybridized carbons (Fsp3) is 0.556. The van der Waals surface area contributed by atoms with E-state index in [1.54, 1.807) is 21.3 Å². The second-order valence-corrected chi connectivity index (χ2v) is 5.66. The highest BCUT2D eigenvalue weighted by molar-refractivity contribution is 5.81. The highest BCUT2D eigenvalue weighted by atomic mass is 16.5. The number of aliphatic imine (C=N–C) groups is 1. The molecule has 0 saturated heterocycles. The van der Waals surface area contributed by atoms with Gasteiger partial charge in [0, 0.05) is 44.2 Å². The van der Waals surface area contributed by atoms with Crippen LogP contribution in [0.5, 0.6) is 11.5 Å². The summed E-state index contributed by atoms with van der Waals surface area (Å²) >= 11 is 0. The first-order valence-electron chi connectivity index (χ1n) is 8.48. The van der Waals surface area contributed by atoms with Gasteiger partial charge in [-0.05, 0) is 25.5 Å². The van der Waals surface area contributed by atoms with Crippen LogP contribution in [-0.4, -0.2) is 45.7 Å². The standard InChI is InChI=1S/C18H30N4O3/c1-6-13(2)22-17(23)9-10-20-18(19-3)21-12-14-7-8-15(24-4)11-16(14)25-5/h7-8,11,13H,6,9-10,12H2,1-5H3,(H,22,23)(H2,19,20,21). The largest absolute Gasteiger partial charge is 0.497 e. The van der Waals surface area contributed by atoms with Gasteiger partial charge in [-0.15, -0.1) is 0 Å². The summed E-state index contributed by atoms with van der Waals surface area (Å²) in [6, 6.07) is 5.87. The molecule has 1 amide bonds. The lowest BCUT2D eigenvalue weighted by atomic mass is 10.2. The molecule has 1 atom stereocenters. The maximum absolute atomic E-state index is 11.8. The minimum atomic E-state index is 0.0362. The third-order valence-electron chi connectivity index (χ3n) is 3.83. The zero-order chi connectivity index (χ0) is 18.7. The second kappa shape index (κ2) is 11.2. The maximum Gasteiger partial charge on any atom is 0.221 e. The van der Waals surface area contributed by atoms with Crippen molar-refractivity contribution in [2.24, 2.45) is 4.99 Å². The van der Waals surface area contributed by atoms with Gasteiger partial charge < -0.3 is 25.4 Å². The molecular weight excluding hydrogens is 320 g/mol. The molecule has 3 N–H and O–H groups in total. The smallest absolute Gasteiger partial charge is 0.221 e. The number of guanidine groups is 1. The number of rotatable bonds is 9. The Morgan fingerprint density at radius 1 is 1.24 bits per heavy atom. The van der Waals surface area contributed by atoms with Crippen LogP contribution in [-0.2, 0) is 11.3 Å². The summed E-state index contributed by atoms with van der Waals surface area (Å²) in [5.74, 6) is 2.16. The predicted octanol–water partition coefficient (Wildman–Crippen LogP) is 1.67. The molecule has 0 spiro atoms. The normalized spacial score (nSPS) is 12.3. The molecule has 25 heavy (non-hydrogen) atoms. The van der Waals surface area contributed by atoms with Crippen LogP contribution in [0.1, 0.15) is 32.3 Å². The van der Waals surface area contributed by atoms with Crippen molar-refractivity contribution >= 4 is 11.9 Å². The summed E-state index contributed by atoms with van der Waals surface area (Å²) < 4.78 is 10.6. The molecule has 1 rings (SSSR count). The van der Waals surface area contributed by atoms with E-state index >= 15 is 0 Å². The SMILES string of the molecule is CCC(C)NC(=O)CCNC(=NC)NCc1ccc(OC)cc1OC. The Morgan fingerprint density at radius 3 is 2.60 bits per heavy atom. The van der Waals surface area contributed by atoms with E-state index in [0.717, 1.165) is 23.5 Å². The number of carbonyl (C=O) groups is 1. The van der Waals surface area contributed by atoms with E-state index in [1.165, 1.54) is 0 Å². The molecule has 0 fully saturated rings. The highest BCUT2D eigenvalue weighted by Gasteiger charge is 2.08. The van der Waals surface area contributed by atoms with E-state index in [0.29, 0.717) is 25.5 Å². The van der Waals surface area contributed by atoms with Crippen LogP contribution in [0.2, 0.25) is 0 Å². The van der Waals surface area contributed by atoms with Gasteiger partial charge in [-0.3, -0.25) is 9.79 Å². The number of hydrogen-bond donors (Lipinski definition) is 3. The Hall–Kier alpha value is -2.44. The number of hydrogen-bond acceptors (Lipinski definition) is 4. The van der Waals surface area contributed by atoms with Gasteiger partial charge >= 0.3 is 0 Å². The Balaban J connectivity index is 2.46. The first-order valence-corrected chi connectivity index (χ1v) is 8.48. The van der Waals surface area contributed by atoms with E-state index in [1.807, 2.05) is 32.0 Å². The third-order valence-corrected chi connectivity index (χ3v) is 3.83. The summed E-state index contributed by atoms with van der Waals surface area (Å²) in [6.45, 7) is 5.10. The summed E-state index contributed by atoms with van der Waals surface area (Å²) in [5, 5.41) is 9.28. The fourth-order valence-electron chi connectivity index (χ4n) is 2.14. The molecule has 7 nitrogen and oxygen atoms in total. The Bertz CT molecular complexity index is 575. The number of benzene rings is 1. The van der Waals surface area contributed by atoms with Crippen LogP contribution in [0.25, 0.3) is 0 Å². The first-order chi connectivity index (χ1) is 12.0. The lowest BCUT2D eigenvalue weighted by molar-refractivity contribution is -0.121. The van der Waals surface area contributed by atoms with Gasteiger partial charge in [0.1, 0.15) is 11.5 Å². The van der Waals surface area contributed by atoms with Crippen LogP contribution in [0.4, 0.5) is 0 Å². The molecule has 0 aromatic heterocycles. The van der Waals surface area contributed by atoms with Crippen molar-refractivity contribution in [1.29, 1.82) is 0 Å². The molecule has 0 aliphatic heterocycles. The van der Waals surface area contributed by atoms with Crippen LogP contribution < -0.4 is 25.4 Å². The van der Waals surface area contributed by atoms with Gasteiger partial charge in [-0.2, -0.15) is 0 Å². The third kappa shape index (κ3) is 7.32. The number of nitrogens with zero attached hydrogens (tertiary/aromatic N) is 1. The van der Waals surface area contributed by atoms with E-state index < -0.39 is 0 Å². The molecule has 0 heterocycles. The van der Waals surface area contributed by atoms with Gasteiger partial charge in [-0.25, -0.2) is 0 Å². The molecule has 140 valence electrons. The molecule has 0 aliphatic carbocycles. The second-order valence-electron chi connectivity index (χ2n) is 5.66. The van der Waals surface area contributed by atoms with E-state index in [4.69, 9.17) is 9.47 Å². The molecule has 0 bridgehead atoms. The summed E-state index contributed by atoms with van der Waals surface area (Å²) in [5.41, 5.74) is 0.987. The zero-order valence-electron chi connectivity index (χ0n) is 15.8. The monoisotopic (exact) mass is 350 g/mol. The van der Waals surface area contributed by atoms with Gasteiger partial charge in [0.2, 0.25) is 5.91 Å². The van der Waals surface area contributed by atoms with E-state index in [2.05, 4.69) is 20.9 Å². The molecule has 1 aromatic rings. The van der Waals surface area contributed by atoms with Crippen LogP contribution in [0, 0.1) is 0 Å². The van der Waals surface area contributed by atoms with Crippen molar-refractivity contribution in [3.63, 3.8) is 0 Å².